The lowest BCUT2D eigenvalue weighted by molar-refractivity contribution is -0.205. The van der Waals surface area contributed by atoms with Gasteiger partial charge in [0.2, 0.25) is 5.91 Å². The minimum absolute atomic E-state index is 0.391. The standard InChI is InChI=1S/C10H10F3NO2/c11-10(12,13)8(15)6-9(16)14-7-4-2-1-3-5-7/h1-5,8,15H,6H2,(H,14,16). The lowest BCUT2D eigenvalue weighted by atomic mass is 10.2. The highest BCUT2D eigenvalue weighted by molar-refractivity contribution is 5.90. The van der Waals surface area contributed by atoms with Gasteiger partial charge in [0.1, 0.15) is 0 Å². The molecule has 16 heavy (non-hydrogen) atoms. The van der Waals surface area contributed by atoms with Crippen molar-refractivity contribution < 1.29 is 23.1 Å². The van der Waals surface area contributed by atoms with Crippen molar-refractivity contribution in [3.8, 4) is 0 Å². The number of aliphatic hydroxyl groups is 1. The number of hydrogen-bond donors (Lipinski definition) is 2. The molecule has 1 rings (SSSR count). The molecule has 0 aliphatic heterocycles. The van der Waals surface area contributed by atoms with Crippen molar-refractivity contribution in [2.45, 2.75) is 18.7 Å². The molecule has 0 bridgehead atoms. The van der Waals surface area contributed by atoms with E-state index in [0.29, 0.717) is 5.69 Å². The maximum absolute atomic E-state index is 11.9. The maximum Gasteiger partial charge on any atom is 0.414 e. The summed E-state index contributed by atoms with van der Waals surface area (Å²) >= 11 is 0. The van der Waals surface area contributed by atoms with Crippen molar-refractivity contribution >= 4 is 11.6 Å². The summed E-state index contributed by atoms with van der Waals surface area (Å²) in [6.07, 6.45) is -8.40. The number of para-hydroxylation sites is 1. The fourth-order valence-corrected chi connectivity index (χ4v) is 1.02. The Balaban J connectivity index is 2.49. The summed E-state index contributed by atoms with van der Waals surface area (Å²) in [5.41, 5.74) is 0.391. The van der Waals surface area contributed by atoms with Crippen LogP contribution in [0.2, 0.25) is 0 Å². The monoisotopic (exact) mass is 233 g/mol. The molecule has 0 spiro atoms. The van der Waals surface area contributed by atoms with Gasteiger partial charge in [-0.1, -0.05) is 18.2 Å². The molecule has 0 saturated carbocycles. The summed E-state index contributed by atoms with van der Waals surface area (Å²) in [6.45, 7) is 0. The predicted octanol–water partition coefficient (Wildman–Crippen LogP) is 1.94. The second-order valence-corrected chi connectivity index (χ2v) is 3.18. The Morgan fingerprint density at radius 1 is 1.31 bits per heavy atom. The number of amides is 1. The molecule has 1 aromatic carbocycles. The van der Waals surface area contributed by atoms with Crippen LogP contribution < -0.4 is 5.32 Å². The minimum Gasteiger partial charge on any atom is -0.383 e. The number of rotatable bonds is 3. The second kappa shape index (κ2) is 4.98. The number of nitrogens with one attached hydrogen (secondary N) is 1. The summed E-state index contributed by atoms with van der Waals surface area (Å²) in [4.78, 5) is 11.1. The van der Waals surface area contributed by atoms with E-state index in [-0.39, 0.29) is 0 Å². The largest absolute Gasteiger partial charge is 0.414 e. The van der Waals surface area contributed by atoms with E-state index in [1.165, 1.54) is 12.1 Å². The highest BCUT2D eigenvalue weighted by atomic mass is 19.4. The molecule has 1 aromatic rings. The number of anilines is 1. The van der Waals surface area contributed by atoms with Crippen LogP contribution in [0.3, 0.4) is 0 Å². The van der Waals surface area contributed by atoms with Crippen molar-refractivity contribution in [3.63, 3.8) is 0 Å². The number of halogens is 3. The van der Waals surface area contributed by atoms with E-state index in [1.54, 1.807) is 18.2 Å². The first-order chi connectivity index (χ1) is 7.39. The third-order valence-electron chi connectivity index (χ3n) is 1.81. The van der Waals surface area contributed by atoms with Crippen molar-refractivity contribution in [1.82, 2.24) is 0 Å². The fraction of sp³-hybridized carbons (Fsp3) is 0.300. The van der Waals surface area contributed by atoms with Gasteiger partial charge in [-0.2, -0.15) is 13.2 Å². The van der Waals surface area contributed by atoms with E-state index in [0.717, 1.165) is 0 Å². The Labute approximate surface area is 89.9 Å². The van der Waals surface area contributed by atoms with Crippen LogP contribution in [0.25, 0.3) is 0 Å². The number of hydrogen-bond acceptors (Lipinski definition) is 2. The van der Waals surface area contributed by atoms with Crippen molar-refractivity contribution in [2.75, 3.05) is 5.32 Å². The first-order valence-corrected chi connectivity index (χ1v) is 4.49. The molecule has 2 N–H and O–H groups in total. The fourth-order valence-electron chi connectivity index (χ4n) is 1.02. The average Bonchev–Trinajstić information content (AvgIpc) is 2.17. The molecule has 0 aliphatic rings. The van der Waals surface area contributed by atoms with Gasteiger partial charge in [-0.05, 0) is 12.1 Å². The zero-order valence-corrected chi connectivity index (χ0v) is 8.16. The molecule has 0 aliphatic carbocycles. The van der Waals surface area contributed by atoms with Gasteiger partial charge in [0.25, 0.3) is 0 Å². The molecule has 0 fully saturated rings. The maximum atomic E-state index is 11.9. The molecule has 0 aromatic heterocycles. The normalized spacial score (nSPS) is 13.2. The van der Waals surface area contributed by atoms with Gasteiger partial charge in [-0.15, -0.1) is 0 Å². The van der Waals surface area contributed by atoms with E-state index in [1.807, 2.05) is 0 Å². The van der Waals surface area contributed by atoms with Crippen LogP contribution in [0.1, 0.15) is 6.42 Å². The van der Waals surface area contributed by atoms with Gasteiger partial charge >= 0.3 is 6.18 Å². The van der Waals surface area contributed by atoms with Crippen LogP contribution in [0.15, 0.2) is 30.3 Å². The number of alkyl halides is 3. The number of aliphatic hydroxyl groups excluding tert-OH is 1. The van der Waals surface area contributed by atoms with Crippen LogP contribution >= 0.6 is 0 Å². The lowest BCUT2D eigenvalue weighted by Crippen LogP contribution is -2.32. The SMILES string of the molecule is O=C(CC(O)C(F)(F)F)Nc1ccccc1. The van der Waals surface area contributed by atoms with Crippen LogP contribution in [-0.4, -0.2) is 23.3 Å². The van der Waals surface area contributed by atoms with E-state index in [4.69, 9.17) is 5.11 Å². The summed E-state index contributed by atoms with van der Waals surface area (Å²) in [5.74, 6) is -0.879. The zero-order valence-electron chi connectivity index (χ0n) is 8.16. The molecule has 88 valence electrons. The van der Waals surface area contributed by atoms with E-state index >= 15 is 0 Å². The molecule has 1 unspecified atom stereocenters. The van der Waals surface area contributed by atoms with E-state index in [9.17, 15) is 18.0 Å². The Bertz CT molecular complexity index is 351. The van der Waals surface area contributed by atoms with Crippen LogP contribution in [0.5, 0.6) is 0 Å². The van der Waals surface area contributed by atoms with E-state index < -0.39 is 24.6 Å². The quantitative estimate of drug-likeness (QED) is 0.838. The Morgan fingerprint density at radius 3 is 2.38 bits per heavy atom. The smallest absolute Gasteiger partial charge is 0.383 e. The van der Waals surface area contributed by atoms with Crippen LogP contribution in [0, 0.1) is 0 Å². The first-order valence-electron chi connectivity index (χ1n) is 4.49. The molecule has 0 radical (unpaired) electrons. The minimum atomic E-state index is -4.77. The van der Waals surface area contributed by atoms with Gasteiger partial charge in [-0.3, -0.25) is 4.79 Å². The highest BCUT2D eigenvalue weighted by Gasteiger charge is 2.39. The molecule has 0 heterocycles. The Hall–Kier alpha value is -1.56. The van der Waals surface area contributed by atoms with Gasteiger partial charge in [-0.25, -0.2) is 0 Å². The lowest BCUT2D eigenvalue weighted by Gasteiger charge is -2.13. The average molecular weight is 233 g/mol. The molecular formula is C10H10F3NO2. The second-order valence-electron chi connectivity index (χ2n) is 3.18. The van der Waals surface area contributed by atoms with Gasteiger partial charge in [0, 0.05) is 5.69 Å². The molecule has 0 saturated heterocycles. The van der Waals surface area contributed by atoms with Crippen LogP contribution in [0.4, 0.5) is 18.9 Å². The molecule has 3 nitrogen and oxygen atoms in total. The van der Waals surface area contributed by atoms with Crippen molar-refractivity contribution in [2.24, 2.45) is 0 Å². The third kappa shape index (κ3) is 3.90. The molecule has 1 amide bonds. The van der Waals surface area contributed by atoms with Gasteiger partial charge < -0.3 is 10.4 Å². The number of benzene rings is 1. The summed E-state index contributed by atoms with van der Waals surface area (Å²) in [7, 11) is 0. The molecular weight excluding hydrogens is 223 g/mol. The topological polar surface area (TPSA) is 49.3 Å². The summed E-state index contributed by atoms with van der Waals surface area (Å²) in [6, 6.07) is 8.06. The summed E-state index contributed by atoms with van der Waals surface area (Å²) in [5, 5.41) is 10.9. The zero-order chi connectivity index (χ0) is 12.2. The van der Waals surface area contributed by atoms with E-state index in [2.05, 4.69) is 5.32 Å². The van der Waals surface area contributed by atoms with Crippen molar-refractivity contribution in [3.05, 3.63) is 30.3 Å². The molecule has 6 heteroatoms. The molecule has 1 atom stereocenters. The predicted molar refractivity (Wildman–Crippen MR) is 51.8 cm³/mol. The van der Waals surface area contributed by atoms with Gasteiger partial charge in [0.05, 0.1) is 6.42 Å². The van der Waals surface area contributed by atoms with Gasteiger partial charge in [0.15, 0.2) is 6.10 Å². The first kappa shape index (κ1) is 12.5. The number of carbonyl (C=O) groups is 1. The van der Waals surface area contributed by atoms with Crippen LogP contribution in [-0.2, 0) is 4.79 Å². The number of carbonyl (C=O) groups excluding carboxylic acids is 1. The Morgan fingerprint density at radius 2 is 1.88 bits per heavy atom. The Kier molecular flexibility index (Phi) is 3.89. The third-order valence-corrected chi connectivity index (χ3v) is 1.81. The van der Waals surface area contributed by atoms with Crippen molar-refractivity contribution in [1.29, 1.82) is 0 Å². The highest BCUT2D eigenvalue weighted by Crippen LogP contribution is 2.22. The summed E-state index contributed by atoms with van der Waals surface area (Å²) < 4.78 is 35.8.